The predicted octanol–water partition coefficient (Wildman–Crippen LogP) is 5.63. The van der Waals surface area contributed by atoms with Gasteiger partial charge >= 0.3 is 0 Å². The van der Waals surface area contributed by atoms with Gasteiger partial charge in [0.15, 0.2) is 0 Å². The van der Waals surface area contributed by atoms with Crippen molar-refractivity contribution < 1.29 is 4.79 Å². The maximum Gasteiger partial charge on any atom is 0.257 e. The van der Waals surface area contributed by atoms with Gasteiger partial charge in [0.1, 0.15) is 17.0 Å². The van der Waals surface area contributed by atoms with Crippen molar-refractivity contribution in [2.24, 2.45) is 0 Å². The molecule has 5 nitrogen and oxygen atoms in total. The summed E-state index contributed by atoms with van der Waals surface area (Å²) < 4.78 is 0. The molecule has 31 heavy (non-hydrogen) atoms. The molecule has 1 aliphatic heterocycles. The van der Waals surface area contributed by atoms with E-state index in [-0.39, 0.29) is 5.91 Å². The predicted molar refractivity (Wildman–Crippen MR) is 127 cm³/mol. The van der Waals surface area contributed by atoms with Gasteiger partial charge in [0.25, 0.3) is 5.91 Å². The second-order valence-corrected chi connectivity index (χ2v) is 8.94. The summed E-state index contributed by atoms with van der Waals surface area (Å²) in [7, 11) is 0. The van der Waals surface area contributed by atoms with E-state index in [1.807, 2.05) is 18.2 Å². The van der Waals surface area contributed by atoms with E-state index in [4.69, 9.17) is 23.2 Å². The Morgan fingerprint density at radius 1 is 0.903 bits per heavy atom. The lowest BCUT2D eigenvalue weighted by Gasteiger charge is -2.36. The number of halogens is 2. The number of carbonyl (C=O) groups is 1. The van der Waals surface area contributed by atoms with Crippen LogP contribution in [-0.4, -0.2) is 47.0 Å². The minimum absolute atomic E-state index is 0.136. The van der Waals surface area contributed by atoms with Crippen LogP contribution < -0.4 is 4.90 Å². The van der Waals surface area contributed by atoms with E-state index < -0.39 is 0 Å². The molecule has 1 aliphatic rings. The van der Waals surface area contributed by atoms with Crippen LogP contribution in [0.5, 0.6) is 0 Å². The molecule has 0 radical (unpaired) electrons. The van der Waals surface area contributed by atoms with Crippen molar-refractivity contribution in [2.45, 2.75) is 0 Å². The number of rotatable bonds is 3. The van der Waals surface area contributed by atoms with Crippen LogP contribution in [0.25, 0.3) is 21.3 Å². The highest BCUT2D eigenvalue weighted by Crippen LogP contribution is 2.38. The minimum atomic E-state index is -0.136. The maximum atomic E-state index is 13.0. The van der Waals surface area contributed by atoms with E-state index in [0.717, 1.165) is 27.2 Å². The van der Waals surface area contributed by atoms with E-state index in [0.29, 0.717) is 41.8 Å². The summed E-state index contributed by atoms with van der Waals surface area (Å²) >= 11 is 14.1. The van der Waals surface area contributed by atoms with Crippen molar-refractivity contribution in [3.05, 3.63) is 75.8 Å². The standard InChI is InChI=1S/C23H18Cl2N4OS/c24-17-7-4-8-18(25)20(17)23(30)29-11-9-28(10-12-29)21-19-16(15-5-2-1-3-6-15)13-31-22(19)27-14-26-21/h1-8,13-14H,9-12H2. The summed E-state index contributed by atoms with van der Waals surface area (Å²) in [6.45, 7) is 2.47. The number of hydrogen-bond donors (Lipinski definition) is 0. The van der Waals surface area contributed by atoms with E-state index in [2.05, 4.69) is 32.4 Å². The van der Waals surface area contributed by atoms with Gasteiger partial charge in [-0.05, 0) is 17.7 Å². The number of benzene rings is 2. The number of carbonyl (C=O) groups excluding carboxylic acids is 1. The molecule has 4 aromatic rings. The molecule has 0 spiro atoms. The average molecular weight is 469 g/mol. The first-order valence-electron chi connectivity index (χ1n) is 9.89. The third-order valence-electron chi connectivity index (χ3n) is 5.48. The number of amides is 1. The Balaban J connectivity index is 1.41. The summed E-state index contributed by atoms with van der Waals surface area (Å²) in [5, 5.41) is 3.95. The van der Waals surface area contributed by atoms with Crippen LogP contribution in [0.3, 0.4) is 0 Å². The molecule has 0 bridgehead atoms. The molecule has 3 heterocycles. The molecule has 2 aromatic heterocycles. The van der Waals surface area contributed by atoms with Crippen molar-refractivity contribution in [1.82, 2.24) is 14.9 Å². The molecule has 0 unspecified atom stereocenters. The van der Waals surface area contributed by atoms with Crippen LogP contribution in [-0.2, 0) is 0 Å². The Kier molecular flexibility index (Phi) is 5.52. The molecule has 1 saturated heterocycles. The number of thiophene rings is 1. The van der Waals surface area contributed by atoms with Crippen LogP contribution in [0, 0.1) is 0 Å². The van der Waals surface area contributed by atoms with Gasteiger partial charge in [-0.1, -0.05) is 59.6 Å². The van der Waals surface area contributed by atoms with E-state index in [1.54, 1.807) is 40.8 Å². The topological polar surface area (TPSA) is 49.3 Å². The Morgan fingerprint density at radius 3 is 2.32 bits per heavy atom. The van der Waals surface area contributed by atoms with Gasteiger partial charge in [0.05, 0.1) is 21.0 Å². The Bertz CT molecular complexity index is 1230. The molecule has 156 valence electrons. The molecule has 1 fully saturated rings. The second-order valence-electron chi connectivity index (χ2n) is 7.27. The molecule has 0 aliphatic carbocycles. The number of nitrogens with zero attached hydrogens (tertiary/aromatic N) is 4. The summed E-state index contributed by atoms with van der Waals surface area (Å²) in [6.07, 6.45) is 1.62. The number of hydrogen-bond acceptors (Lipinski definition) is 5. The summed E-state index contributed by atoms with van der Waals surface area (Å²) in [5.41, 5.74) is 2.65. The maximum absolute atomic E-state index is 13.0. The fourth-order valence-electron chi connectivity index (χ4n) is 3.91. The molecular formula is C23H18Cl2N4OS. The summed E-state index contributed by atoms with van der Waals surface area (Å²) in [6, 6.07) is 15.4. The van der Waals surface area contributed by atoms with Gasteiger partial charge in [-0.15, -0.1) is 11.3 Å². The first-order chi connectivity index (χ1) is 15.1. The van der Waals surface area contributed by atoms with Crippen LogP contribution >= 0.6 is 34.5 Å². The highest BCUT2D eigenvalue weighted by molar-refractivity contribution is 7.17. The Labute approximate surface area is 193 Å². The van der Waals surface area contributed by atoms with Gasteiger partial charge in [-0.25, -0.2) is 9.97 Å². The largest absolute Gasteiger partial charge is 0.352 e. The summed E-state index contributed by atoms with van der Waals surface area (Å²) in [5.74, 6) is 0.775. The quantitative estimate of drug-likeness (QED) is 0.391. The molecular weight excluding hydrogens is 451 g/mol. The van der Waals surface area contributed by atoms with Crippen molar-refractivity contribution in [3.8, 4) is 11.1 Å². The zero-order valence-electron chi connectivity index (χ0n) is 16.5. The molecule has 0 saturated carbocycles. The zero-order chi connectivity index (χ0) is 21.4. The minimum Gasteiger partial charge on any atom is -0.352 e. The third-order valence-corrected chi connectivity index (χ3v) is 6.99. The fourth-order valence-corrected chi connectivity index (χ4v) is 5.38. The molecule has 1 amide bonds. The zero-order valence-corrected chi connectivity index (χ0v) is 18.8. The van der Waals surface area contributed by atoms with Crippen LogP contribution in [0.4, 0.5) is 5.82 Å². The third kappa shape index (κ3) is 3.76. The fraction of sp³-hybridized carbons (Fsp3) is 0.174. The van der Waals surface area contributed by atoms with Crippen LogP contribution in [0.15, 0.2) is 60.2 Å². The normalized spacial score (nSPS) is 14.3. The highest BCUT2D eigenvalue weighted by atomic mass is 35.5. The molecule has 8 heteroatoms. The van der Waals surface area contributed by atoms with Crippen LogP contribution in [0.2, 0.25) is 10.0 Å². The molecule has 2 aromatic carbocycles. The molecule has 5 rings (SSSR count). The lowest BCUT2D eigenvalue weighted by atomic mass is 10.1. The second kappa shape index (κ2) is 8.46. The number of aromatic nitrogens is 2. The van der Waals surface area contributed by atoms with E-state index in [1.165, 1.54) is 0 Å². The van der Waals surface area contributed by atoms with Crippen molar-refractivity contribution in [1.29, 1.82) is 0 Å². The molecule has 0 atom stereocenters. The van der Waals surface area contributed by atoms with Gasteiger partial charge in [-0.3, -0.25) is 4.79 Å². The van der Waals surface area contributed by atoms with Gasteiger partial charge in [0, 0.05) is 37.1 Å². The summed E-state index contributed by atoms with van der Waals surface area (Å²) in [4.78, 5) is 27.1. The van der Waals surface area contributed by atoms with Gasteiger partial charge in [-0.2, -0.15) is 0 Å². The van der Waals surface area contributed by atoms with Gasteiger partial charge < -0.3 is 9.80 Å². The van der Waals surface area contributed by atoms with E-state index >= 15 is 0 Å². The van der Waals surface area contributed by atoms with Crippen LogP contribution in [0.1, 0.15) is 10.4 Å². The monoisotopic (exact) mass is 468 g/mol. The first-order valence-corrected chi connectivity index (χ1v) is 11.5. The van der Waals surface area contributed by atoms with Crippen molar-refractivity contribution >= 4 is 56.5 Å². The lowest BCUT2D eigenvalue weighted by Crippen LogP contribution is -2.49. The SMILES string of the molecule is O=C(c1c(Cl)cccc1Cl)N1CCN(c2ncnc3scc(-c4ccccc4)c23)CC1. The first kappa shape index (κ1) is 20.2. The van der Waals surface area contributed by atoms with E-state index in [9.17, 15) is 4.79 Å². The number of fused-ring (bicyclic) bond motifs is 1. The number of piperazine rings is 1. The highest BCUT2D eigenvalue weighted by Gasteiger charge is 2.27. The van der Waals surface area contributed by atoms with Gasteiger partial charge in [0.2, 0.25) is 0 Å². The number of anilines is 1. The average Bonchev–Trinajstić information content (AvgIpc) is 3.24. The molecule has 0 N–H and O–H groups in total. The lowest BCUT2D eigenvalue weighted by molar-refractivity contribution is 0.0747. The van der Waals surface area contributed by atoms with Crippen molar-refractivity contribution in [2.75, 3.05) is 31.1 Å². The smallest absolute Gasteiger partial charge is 0.257 e. The van der Waals surface area contributed by atoms with Crippen molar-refractivity contribution in [3.63, 3.8) is 0 Å². The Hall–Kier alpha value is -2.67. The Morgan fingerprint density at radius 2 is 1.61 bits per heavy atom.